The molecule has 4 aliphatic rings. The predicted molar refractivity (Wildman–Crippen MR) is 146 cm³/mol. The summed E-state index contributed by atoms with van der Waals surface area (Å²) in [6.07, 6.45) is 6.38. The molecule has 3 fully saturated rings. The molecule has 2 aliphatic heterocycles. The van der Waals surface area contributed by atoms with Crippen LogP contribution in [0.1, 0.15) is 68.9 Å². The van der Waals surface area contributed by atoms with Crippen LogP contribution in [0.15, 0.2) is 17.3 Å². The van der Waals surface area contributed by atoms with E-state index in [1.807, 2.05) is 0 Å². The van der Waals surface area contributed by atoms with Gasteiger partial charge in [-0.15, -0.1) is 0 Å². The fraction of sp³-hybridized carbons (Fsp3) is 0.714. The van der Waals surface area contributed by atoms with Crippen molar-refractivity contribution < 1.29 is 9.59 Å². The number of Topliss-reactive ketones (excluding diaryl/α,β-unsaturated/α-hetero) is 2. The van der Waals surface area contributed by atoms with Crippen molar-refractivity contribution in [2.45, 2.75) is 64.3 Å². The van der Waals surface area contributed by atoms with Crippen LogP contribution in [0.25, 0.3) is 0 Å². The monoisotopic (exact) mass is 509 g/mol. The maximum absolute atomic E-state index is 14.0. The summed E-state index contributed by atoms with van der Waals surface area (Å²) in [6.45, 7) is 8.74. The molecule has 2 aliphatic carbocycles. The number of nitrogens with zero attached hydrogens (tertiary/aromatic N) is 6. The van der Waals surface area contributed by atoms with Gasteiger partial charge in [0.25, 0.3) is 0 Å². The van der Waals surface area contributed by atoms with Gasteiger partial charge in [0.05, 0.1) is 5.41 Å². The van der Waals surface area contributed by atoms with Gasteiger partial charge in [0, 0.05) is 69.1 Å². The molecule has 0 aromatic carbocycles. The molecule has 2 N–H and O–H groups in total. The Hall–Kier alpha value is -2.52. The Morgan fingerprint density at radius 1 is 0.919 bits per heavy atom. The largest absolute Gasteiger partial charge is 0.401 e. The van der Waals surface area contributed by atoms with Crippen molar-refractivity contribution in [3.8, 4) is 0 Å². The van der Waals surface area contributed by atoms with Crippen LogP contribution in [0.3, 0.4) is 0 Å². The molecule has 1 spiro atoms. The molecule has 0 unspecified atom stereocenters. The first-order valence-corrected chi connectivity index (χ1v) is 14.1. The summed E-state index contributed by atoms with van der Waals surface area (Å²) >= 11 is 0. The molecule has 5 rings (SSSR count). The standard InChI is InChI=1S/C28H43N7O2/c1-20-19-33(3)12-7-13-35(20)24-18-23(34-16-14-32(2)15-17-34)30-27(31-24)25(37)21-8-6-11-28(26(21)29)10-5-4-9-22(28)36/h18,20H,4-17,19,29H2,1-3H3/t20-,28+/m0/s1. The third-order valence-electron chi connectivity index (χ3n) is 9.01. The average molecular weight is 510 g/mol. The third kappa shape index (κ3) is 5.12. The predicted octanol–water partition coefficient (Wildman–Crippen LogP) is 2.47. The summed E-state index contributed by atoms with van der Waals surface area (Å²) in [6, 6.07) is 2.34. The highest BCUT2D eigenvalue weighted by Crippen LogP contribution is 2.47. The lowest BCUT2D eigenvalue weighted by Crippen LogP contribution is -2.45. The maximum atomic E-state index is 14.0. The van der Waals surface area contributed by atoms with E-state index in [9.17, 15) is 9.59 Å². The fourth-order valence-electron chi connectivity index (χ4n) is 6.72. The third-order valence-corrected chi connectivity index (χ3v) is 9.01. The molecular formula is C28H43N7O2. The Morgan fingerprint density at radius 2 is 1.65 bits per heavy atom. The molecular weight excluding hydrogens is 466 g/mol. The van der Waals surface area contributed by atoms with E-state index in [4.69, 9.17) is 15.7 Å². The van der Waals surface area contributed by atoms with Crippen molar-refractivity contribution in [3.63, 3.8) is 0 Å². The number of likely N-dealkylation sites (N-methyl/N-ethyl adjacent to an activating group) is 2. The summed E-state index contributed by atoms with van der Waals surface area (Å²) in [7, 11) is 4.29. The van der Waals surface area contributed by atoms with Crippen molar-refractivity contribution >= 4 is 23.2 Å². The molecule has 37 heavy (non-hydrogen) atoms. The molecule has 0 amide bonds. The maximum Gasteiger partial charge on any atom is 0.228 e. The Labute approximate surface area is 221 Å². The van der Waals surface area contributed by atoms with Crippen molar-refractivity contribution in [3.05, 3.63) is 23.2 Å². The second-order valence-electron chi connectivity index (χ2n) is 11.6. The molecule has 202 valence electrons. The second-order valence-corrected chi connectivity index (χ2v) is 11.6. The minimum absolute atomic E-state index is 0.202. The van der Waals surface area contributed by atoms with Crippen molar-refractivity contribution in [2.24, 2.45) is 11.1 Å². The van der Waals surface area contributed by atoms with Crippen LogP contribution in [0.5, 0.6) is 0 Å². The quantitative estimate of drug-likeness (QED) is 0.614. The van der Waals surface area contributed by atoms with E-state index < -0.39 is 5.41 Å². The van der Waals surface area contributed by atoms with E-state index in [1.54, 1.807) is 0 Å². The minimum Gasteiger partial charge on any atom is -0.401 e. The van der Waals surface area contributed by atoms with Gasteiger partial charge in [0.1, 0.15) is 17.4 Å². The molecule has 0 radical (unpaired) electrons. The van der Waals surface area contributed by atoms with Crippen LogP contribution in [0.4, 0.5) is 11.6 Å². The Morgan fingerprint density at radius 3 is 2.41 bits per heavy atom. The van der Waals surface area contributed by atoms with Gasteiger partial charge in [0.15, 0.2) is 0 Å². The Bertz CT molecular complexity index is 1060. The topological polar surface area (TPSA) is 98.9 Å². The lowest BCUT2D eigenvalue weighted by atomic mass is 9.64. The van der Waals surface area contributed by atoms with E-state index in [-0.39, 0.29) is 23.4 Å². The van der Waals surface area contributed by atoms with Gasteiger partial charge >= 0.3 is 0 Å². The number of carbonyl (C=O) groups excluding carboxylic acids is 2. The molecule has 0 bridgehead atoms. The summed E-state index contributed by atoms with van der Waals surface area (Å²) in [5, 5.41) is 0. The molecule has 2 atom stereocenters. The van der Waals surface area contributed by atoms with Crippen LogP contribution >= 0.6 is 0 Å². The lowest BCUT2D eigenvalue weighted by molar-refractivity contribution is -0.129. The first-order valence-electron chi connectivity index (χ1n) is 14.1. The number of hydrogen-bond acceptors (Lipinski definition) is 9. The number of piperazine rings is 1. The molecule has 1 aromatic heterocycles. The minimum atomic E-state index is -0.663. The van der Waals surface area contributed by atoms with Gasteiger partial charge in [-0.3, -0.25) is 9.59 Å². The van der Waals surface area contributed by atoms with Gasteiger partial charge in [-0.05, 0) is 66.1 Å². The lowest BCUT2D eigenvalue weighted by Gasteiger charge is -2.40. The van der Waals surface area contributed by atoms with E-state index in [1.165, 1.54) is 0 Å². The second kappa shape index (κ2) is 10.7. The van der Waals surface area contributed by atoms with Gasteiger partial charge in [0.2, 0.25) is 11.6 Å². The first-order chi connectivity index (χ1) is 17.8. The zero-order valence-corrected chi connectivity index (χ0v) is 22.8. The summed E-state index contributed by atoms with van der Waals surface area (Å²) in [4.78, 5) is 46.1. The Kier molecular flexibility index (Phi) is 7.54. The summed E-state index contributed by atoms with van der Waals surface area (Å²) < 4.78 is 0. The number of allylic oxidation sites excluding steroid dienone is 2. The molecule has 9 heteroatoms. The average Bonchev–Trinajstić information content (AvgIpc) is 3.06. The van der Waals surface area contributed by atoms with Crippen LogP contribution in [0.2, 0.25) is 0 Å². The van der Waals surface area contributed by atoms with Crippen molar-refractivity contribution in [2.75, 3.05) is 69.7 Å². The highest BCUT2D eigenvalue weighted by atomic mass is 16.1. The van der Waals surface area contributed by atoms with Gasteiger partial charge < -0.3 is 25.3 Å². The molecule has 3 heterocycles. The smallest absolute Gasteiger partial charge is 0.228 e. The van der Waals surface area contributed by atoms with E-state index in [0.29, 0.717) is 24.1 Å². The van der Waals surface area contributed by atoms with Crippen molar-refractivity contribution in [1.82, 2.24) is 19.8 Å². The van der Waals surface area contributed by atoms with Gasteiger partial charge in [-0.2, -0.15) is 0 Å². The molecule has 2 saturated heterocycles. The number of rotatable bonds is 4. The first kappa shape index (κ1) is 26.1. The van der Waals surface area contributed by atoms with E-state index in [2.05, 4.69) is 46.7 Å². The number of carbonyl (C=O) groups is 2. The number of hydrogen-bond donors (Lipinski definition) is 1. The molecule has 1 aromatic rings. The van der Waals surface area contributed by atoms with Crippen LogP contribution in [0, 0.1) is 5.41 Å². The summed E-state index contributed by atoms with van der Waals surface area (Å²) in [5.74, 6) is 1.84. The zero-order chi connectivity index (χ0) is 26.2. The van der Waals surface area contributed by atoms with Gasteiger partial charge in [-0.25, -0.2) is 9.97 Å². The highest BCUT2D eigenvalue weighted by molar-refractivity contribution is 6.08. The number of aromatic nitrogens is 2. The number of nitrogens with two attached hydrogens (primary N) is 1. The Balaban J connectivity index is 1.54. The van der Waals surface area contributed by atoms with Crippen LogP contribution < -0.4 is 15.5 Å². The highest BCUT2D eigenvalue weighted by Gasteiger charge is 2.46. The van der Waals surface area contributed by atoms with Gasteiger partial charge in [-0.1, -0.05) is 6.42 Å². The van der Waals surface area contributed by atoms with E-state index >= 15 is 0 Å². The van der Waals surface area contributed by atoms with E-state index in [0.717, 1.165) is 96.0 Å². The van der Waals surface area contributed by atoms with Crippen LogP contribution in [-0.2, 0) is 4.79 Å². The number of ketones is 2. The zero-order valence-electron chi connectivity index (χ0n) is 22.8. The fourth-order valence-corrected chi connectivity index (χ4v) is 6.72. The molecule has 9 nitrogen and oxygen atoms in total. The normalized spacial score (nSPS) is 28.6. The summed E-state index contributed by atoms with van der Waals surface area (Å²) in [5.41, 5.74) is 7.10. The molecule has 1 saturated carbocycles. The SMILES string of the molecule is C[C@H]1CN(C)CCCN1c1cc(N2CCN(C)CC2)nc(C(=O)C2=C(N)[C@]3(CCCCC3=O)CCC2)n1. The number of anilines is 2. The van der Waals surface area contributed by atoms with Crippen molar-refractivity contribution in [1.29, 1.82) is 0 Å². The van der Waals surface area contributed by atoms with Crippen LogP contribution in [-0.4, -0.2) is 97.3 Å².